The van der Waals surface area contributed by atoms with Crippen molar-refractivity contribution in [2.75, 3.05) is 5.32 Å². The number of anilines is 1. The Morgan fingerprint density at radius 1 is 1.30 bits per heavy atom. The number of alkyl halides is 3. The van der Waals surface area contributed by atoms with E-state index in [0.29, 0.717) is 6.54 Å². The minimum atomic E-state index is -4.98. The molecule has 0 aliphatic carbocycles. The van der Waals surface area contributed by atoms with Crippen molar-refractivity contribution in [3.63, 3.8) is 0 Å². The number of benzene rings is 1. The van der Waals surface area contributed by atoms with Crippen LogP contribution in [-0.2, 0) is 11.3 Å². The molecule has 0 atom stereocenters. The van der Waals surface area contributed by atoms with E-state index >= 15 is 0 Å². The zero-order valence-corrected chi connectivity index (χ0v) is 10.7. The quantitative estimate of drug-likeness (QED) is 0.947. The van der Waals surface area contributed by atoms with Gasteiger partial charge in [0, 0.05) is 6.20 Å². The van der Waals surface area contributed by atoms with E-state index in [4.69, 9.17) is 11.6 Å². The first-order chi connectivity index (χ1) is 9.36. The van der Waals surface area contributed by atoms with Gasteiger partial charge in [0.1, 0.15) is 5.02 Å². The number of halogens is 4. The molecular formula is C12H9ClF3N3O. The SMILES string of the molecule is O=C(Nc1nn(Cc2ccccc2)cc1Cl)C(F)(F)F. The van der Waals surface area contributed by atoms with Gasteiger partial charge in [0.25, 0.3) is 0 Å². The molecule has 0 aliphatic rings. The van der Waals surface area contributed by atoms with Gasteiger partial charge in [0.2, 0.25) is 0 Å². The van der Waals surface area contributed by atoms with E-state index in [-0.39, 0.29) is 10.8 Å². The molecule has 1 heterocycles. The van der Waals surface area contributed by atoms with E-state index in [2.05, 4.69) is 5.10 Å². The number of carbonyl (C=O) groups is 1. The van der Waals surface area contributed by atoms with Gasteiger partial charge in [-0.3, -0.25) is 9.48 Å². The summed E-state index contributed by atoms with van der Waals surface area (Å²) in [6.45, 7) is 0.336. The van der Waals surface area contributed by atoms with Crippen LogP contribution in [0.3, 0.4) is 0 Å². The number of carbonyl (C=O) groups excluding carboxylic acids is 1. The highest BCUT2D eigenvalue weighted by molar-refractivity contribution is 6.33. The lowest BCUT2D eigenvalue weighted by Gasteiger charge is -2.05. The fourth-order valence-corrected chi connectivity index (χ4v) is 1.71. The molecule has 0 aliphatic heterocycles. The first-order valence-electron chi connectivity index (χ1n) is 5.51. The third kappa shape index (κ3) is 3.51. The van der Waals surface area contributed by atoms with E-state index in [1.165, 1.54) is 10.9 Å². The Bertz CT molecular complexity index is 610. The summed E-state index contributed by atoms with van der Waals surface area (Å²) in [7, 11) is 0. The van der Waals surface area contributed by atoms with Crippen LogP contribution in [0.4, 0.5) is 19.0 Å². The molecule has 0 fully saturated rings. The zero-order valence-electron chi connectivity index (χ0n) is 9.99. The molecule has 0 saturated heterocycles. The molecule has 20 heavy (non-hydrogen) atoms. The molecular weight excluding hydrogens is 295 g/mol. The first-order valence-corrected chi connectivity index (χ1v) is 5.89. The second-order valence-corrected chi connectivity index (χ2v) is 4.37. The van der Waals surface area contributed by atoms with Crippen molar-refractivity contribution in [3.8, 4) is 0 Å². The van der Waals surface area contributed by atoms with E-state index in [9.17, 15) is 18.0 Å². The fourth-order valence-electron chi connectivity index (χ4n) is 1.51. The van der Waals surface area contributed by atoms with Crippen LogP contribution in [0.2, 0.25) is 5.02 Å². The Balaban J connectivity index is 2.12. The molecule has 8 heteroatoms. The number of nitrogens with zero attached hydrogens (tertiary/aromatic N) is 2. The summed E-state index contributed by atoms with van der Waals surface area (Å²) in [6, 6.07) is 9.17. The summed E-state index contributed by atoms with van der Waals surface area (Å²) in [5.41, 5.74) is 0.903. The highest BCUT2D eigenvalue weighted by Gasteiger charge is 2.39. The molecule has 1 amide bonds. The predicted octanol–water partition coefficient (Wildman–Crippen LogP) is 3.09. The monoisotopic (exact) mass is 303 g/mol. The number of nitrogens with one attached hydrogen (secondary N) is 1. The van der Waals surface area contributed by atoms with Crippen LogP contribution >= 0.6 is 11.6 Å². The molecule has 4 nitrogen and oxygen atoms in total. The predicted molar refractivity (Wildman–Crippen MR) is 67.5 cm³/mol. The lowest BCUT2D eigenvalue weighted by Crippen LogP contribution is -2.30. The summed E-state index contributed by atoms with van der Waals surface area (Å²) < 4.78 is 37.7. The molecule has 2 rings (SSSR count). The molecule has 2 aromatic rings. The lowest BCUT2D eigenvalue weighted by atomic mass is 10.2. The average molecular weight is 304 g/mol. The first kappa shape index (κ1) is 14.4. The standard InChI is InChI=1S/C12H9ClF3N3O/c13-9-7-19(6-8-4-2-1-3-5-8)18-10(9)17-11(20)12(14,15)16/h1-5,7H,6H2,(H,17,18,20). The topological polar surface area (TPSA) is 46.9 Å². The van der Waals surface area contributed by atoms with Gasteiger partial charge in [-0.05, 0) is 5.56 Å². The average Bonchev–Trinajstić information content (AvgIpc) is 2.69. The molecule has 106 valence electrons. The van der Waals surface area contributed by atoms with Crippen LogP contribution in [-0.4, -0.2) is 21.9 Å². The summed E-state index contributed by atoms with van der Waals surface area (Å²) in [5, 5.41) is 5.38. The Kier molecular flexibility index (Phi) is 3.99. The van der Waals surface area contributed by atoms with Crippen LogP contribution in [0.25, 0.3) is 0 Å². The molecule has 0 radical (unpaired) electrons. The Morgan fingerprint density at radius 2 is 1.95 bits per heavy atom. The number of rotatable bonds is 3. The van der Waals surface area contributed by atoms with Gasteiger partial charge in [0.15, 0.2) is 5.82 Å². The number of amides is 1. The lowest BCUT2D eigenvalue weighted by molar-refractivity contribution is -0.167. The number of hydrogen-bond acceptors (Lipinski definition) is 2. The smallest absolute Gasteiger partial charge is 0.300 e. The van der Waals surface area contributed by atoms with Gasteiger partial charge in [-0.15, -0.1) is 0 Å². The largest absolute Gasteiger partial charge is 0.471 e. The van der Waals surface area contributed by atoms with E-state index in [0.717, 1.165) is 5.56 Å². The molecule has 1 N–H and O–H groups in total. The Morgan fingerprint density at radius 3 is 2.55 bits per heavy atom. The minimum absolute atomic E-state index is 0.0569. The van der Waals surface area contributed by atoms with Crippen molar-refractivity contribution in [2.45, 2.75) is 12.7 Å². The maximum Gasteiger partial charge on any atom is 0.471 e. The summed E-state index contributed by atoms with van der Waals surface area (Å²) in [6.07, 6.45) is -3.63. The molecule has 0 bridgehead atoms. The second-order valence-electron chi connectivity index (χ2n) is 3.96. The van der Waals surface area contributed by atoms with Crippen molar-refractivity contribution in [1.82, 2.24) is 9.78 Å². The van der Waals surface area contributed by atoms with Crippen LogP contribution in [0.15, 0.2) is 36.5 Å². The third-order valence-corrected chi connectivity index (χ3v) is 2.67. The molecule has 0 saturated carbocycles. The number of hydrogen-bond donors (Lipinski definition) is 1. The van der Waals surface area contributed by atoms with Crippen molar-refractivity contribution in [2.24, 2.45) is 0 Å². The van der Waals surface area contributed by atoms with E-state index in [1.807, 2.05) is 30.3 Å². The molecule has 0 spiro atoms. The van der Waals surface area contributed by atoms with Crippen LogP contribution in [0.5, 0.6) is 0 Å². The van der Waals surface area contributed by atoms with E-state index < -0.39 is 12.1 Å². The molecule has 1 aromatic heterocycles. The number of aromatic nitrogens is 2. The summed E-state index contributed by atoms with van der Waals surface area (Å²) in [5.74, 6) is -2.42. The maximum atomic E-state index is 12.1. The van der Waals surface area contributed by atoms with Gasteiger partial charge in [-0.2, -0.15) is 18.3 Å². The van der Waals surface area contributed by atoms with Crippen molar-refractivity contribution in [3.05, 3.63) is 47.1 Å². The maximum absolute atomic E-state index is 12.1. The van der Waals surface area contributed by atoms with Crippen LogP contribution in [0.1, 0.15) is 5.56 Å². The molecule has 1 aromatic carbocycles. The van der Waals surface area contributed by atoms with E-state index in [1.54, 1.807) is 5.32 Å². The fraction of sp³-hybridized carbons (Fsp3) is 0.167. The van der Waals surface area contributed by atoms with Crippen molar-refractivity contribution in [1.29, 1.82) is 0 Å². The van der Waals surface area contributed by atoms with Gasteiger partial charge >= 0.3 is 12.1 Å². The second kappa shape index (κ2) is 5.54. The van der Waals surface area contributed by atoms with Gasteiger partial charge in [-0.1, -0.05) is 41.9 Å². The zero-order chi connectivity index (χ0) is 14.8. The van der Waals surface area contributed by atoms with Crippen LogP contribution in [0, 0.1) is 0 Å². The Labute approximate surface area is 117 Å². The van der Waals surface area contributed by atoms with Gasteiger partial charge < -0.3 is 5.32 Å². The molecule has 0 unspecified atom stereocenters. The van der Waals surface area contributed by atoms with Gasteiger partial charge in [-0.25, -0.2) is 0 Å². The highest BCUT2D eigenvalue weighted by atomic mass is 35.5. The summed E-state index contributed by atoms with van der Waals surface area (Å²) in [4.78, 5) is 10.8. The normalized spacial score (nSPS) is 11.4. The summed E-state index contributed by atoms with van der Waals surface area (Å²) >= 11 is 5.74. The van der Waals surface area contributed by atoms with Crippen molar-refractivity contribution >= 4 is 23.3 Å². The van der Waals surface area contributed by atoms with Gasteiger partial charge in [0.05, 0.1) is 6.54 Å². The third-order valence-electron chi connectivity index (χ3n) is 2.39. The highest BCUT2D eigenvalue weighted by Crippen LogP contribution is 2.23. The van der Waals surface area contributed by atoms with Crippen molar-refractivity contribution < 1.29 is 18.0 Å². The van der Waals surface area contributed by atoms with Crippen LogP contribution < -0.4 is 5.32 Å². The minimum Gasteiger partial charge on any atom is -0.300 e. The Hall–Kier alpha value is -2.02.